The molecule has 1 aliphatic rings. The van der Waals surface area contributed by atoms with E-state index in [2.05, 4.69) is 114 Å². The van der Waals surface area contributed by atoms with Crippen LogP contribution in [0.1, 0.15) is 16.7 Å². The molecular formula is C32H20N2. The molecule has 0 spiro atoms. The predicted octanol–water partition coefficient (Wildman–Crippen LogP) is 8.04. The van der Waals surface area contributed by atoms with Crippen LogP contribution < -0.4 is 0 Å². The summed E-state index contributed by atoms with van der Waals surface area (Å²) in [6.07, 6.45) is 5.15. The third kappa shape index (κ3) is 2.62. The van der Waals surface area contributed by atoms with Gasteiger partial charge in [0.25, 0.3) is 0 Å². The molecule has 6 aromatic rings. The van der Waals surface area contributed by atoms with Crippen molar-refractivity contribution < 1.29 is 0 Å². The van der Waals surface area contributed by atoms with E-state index in [0.29, 0.717) is 0 Å². The van der Waals surface area contributed by atoms with Crippen molar-refractivity contribution in [3.05, 3.63) is 120 Å². The Morgan fingerprint density at radius 3 is 2.09 bits per heavy atom. The number of para-hydroxylation sites is 2. The summed E-state index contributed by atoms with van der Waals surface area (Å²) < 4.78 is 2.35. The molecule has 0 N–H and O–H groups in total. The van der Waals surface area contributed by atoms with Crippen molar-refractivity contribution in [2.45, 2.75) is 6.42 Å². The number of benzene rings is 5. The van der Waals surface area contributed by atoms with E-state index in [1.54, 1.807) is 0 Å². The average molecular weight is 433 g/mol. The van der Waals surface area contributed by atoms with Crippen LogP contribution >= 0.6 is 0 Å². The fourth-order valence-corrected chi connectivity index (χ4v) is 5.56. The molecule has 5 aromatic carbocycles. The summed E-state index contributed by atoms with van der Waals surface area (Å²) in [5.41, 5.74) is 9.12. The van der Waals surface area contributed by atoms with E-state index in [1.165, 1.54) is 49.3 Å². The van der Waals surface area contributed by atoms with Gasteiger partial charge in [-0.05, 0) is 64.2 Å². The molecule has 7 rings (SSSR count). The highest BCUT2D eigenvalue weighted by molar-refractivity contribution is 6.09. The summed E-state index contributed by atoms with van der Waals surface area (Å²) in [5, 5.41) is 14.5. The lowest BCUT2D eigenvalue weighted by Gasteiger charge is -2.18. The predicted molar refractivity (Wildman–Crippen MR) is 141 cm³/mol. The van der Waals surface area contributed by atoms with E-state index in [0.717, 1.165) is 23.2 Å². The lowest BCUT2D eigenvalue weighted by atomic mass is 9.85. The first-order valence-electron chi connectivity index (χ1n) is 11.6. The Labute approximate surface area is 197 Å². The molecule has 1 aliphatic carbocycles. The second kappa shape index (κ2) is 7.20. The number of nitrogens with zero attached hydrogens (tertiary/aromatic N) is 2. The van der Waals surface area contributed by atoms with Crippen molar-refractivity contribution in [1.82, 2.24) is 4.57 Å². The largest absolute Gasteiger partial charge is 0.309 e. The number of allylic oxidation sites excluding steroid dienone is 1. The minimum Gasteiger partial charge on any atom is -0.309 e. The molecule has 0 saturated carbocycles. The Morgan fingerprint density at radius 1 is 0.706 bits per heavy atom. The molecule has 2 nitrogen and oxygen atoms in total. The summed E-state index contributed by atoms with van der Waals surface area (Å²) >= 11 is 0. The van der Waals surface area contributed by atoms with Gasteiger partial charge in [0.15, 0.2) is 0 Å². The van der Waals surface area contributed by atoms with Gasteiger partial charge < -0.3 is 4.57 Å². The highest BCUT2D eigenvalue weighted by Gasteiger charge is 2.17. The van der Waals surface area contributed by atoms with Gasteiger partial charge in [0.2, 0.25) is 0 Å². The summed E-state index contributed by atoms with van der Waals surface area (Å²) in [6, 6.07) is 36.8. The minimum atomic E-state index is 0.739. The molecule has 1 heterocycles. The van der Waals surface area contributed by atoms with Crippen LogP contribution in [0.25, 0.3) is 55.5 Å². The Bertz CT molecular complexity index is 1770. The van der Waals surface area contributed by atoms with Gasteiger partial charge in [-0.3, -0.25) is 0 Å². The van der Waals surface area contributed by atoms with Gasteiger partial charge in [-0.25, -0.2) is 0 Å². The maximum Gasteiger partial charge on any atom is 0.0998 e. The Kier molecular flexibility index (Phi) is 4.00. The number of aromatic nitrogens is 1. The first-order chi connectivity index (χ1) is 16.8. The summed E-state index contributed by atoms with van der Waals surface area (Å²) in [4.78, 5) is 0. The van der Waals surface area contributed by atoms with Crippen molar-refractivity contribution in [1.29, 1.82) is 5.26 Å². The molecule has 0 atom stereocenters. The van der Waals surface area contributed by atoms with Gasteiger partial charge in [-0.15, -0.1) is 0 Å². The number of nitriles is 1. The van der Waals surface area contributed by atoms with Crippen LogP contribution in [-0.2, 0) is 6.42 Å². The molecule has 0 unspecified atom stereocenters. The first kappa shape index (κ1) is 18.9. The molecule has 0 aliphatic heterocycles. The molecule has 2 heteroatoms. The van der Waals surface area contributed by atoms with E-state index in [1.807, 2.05) is 6.07 Å². The van der Waals surface area contributed by atoms with Crippen molar-refractivity contribution in [2.24, 2.45) is 0 Å². The van der Waals surface area contributed by atoms with Crippen LogP contribution in [0.2, 0.25) is 0 Å². The van der Waals surface area contributed by atoms with Crippen LogP contribution in [0.15, 0.2) is 103 Å². The molecule has 1 aromatic heterocycles. The standard InChI is InChI=1S/C32H20N2/c33-20-23-13-12-22-16-19-25(29-9-5-8-26(23)32(22)29)21-14-17-24(18-15-21)34-30-10-3-1-6-27(30)28-7-2-4-11-31(28)34/h1-8,10-19H,9H2. The highest BCUT2D eigenvalue weighted by Crippen LogP contribution is 2.38. The molecule has 0 bridgehead atoms. The van der Waals surface area contributed by atoms with E-state index in [-0.39, 0.29) is 0 Å². The molecule has 0 radical (unpaired) electrons. The zero-order valence-electron chi connectivity index (χ0n) is 18.5. The van der Waals surface area contributed by atoms with Gasteiger partial charge in [0, 0.05) is 22.0 Å². The Balaban J connectivity index is 1.41. The van der Waals surface area contributed by atoms with Crippen LogP contribution in [-0.4, -0.2) is 4.57 Å². The topological polar surface area (TPSA) is 28.7 Å². The zero-order chi connectivity index (χ0) is 22.6. The molecule has 0 amide bonds. The van der Waals surface area contributed by atoms with E-state index < -0.39 is 0 Å². The third-order valence-corrected chi connectivity index (χ3v) is 7.08. The van der Waals surface area contributed by atoms with Gasteiger partial charge in [-0.1, -0.05) is 78.9 Å². The maximum atomic E-state index is 9.60. The minimum absolute atomic E-state index is 0.739. The van der Waals surface area contributed by atoms with Gasteiger partial charge in [0.05, 0.1) is 22.7 Å². The first-order valence-corrected chi connectivity index (χ1v) is 11.6. The highest BCUT2D eigenvalue weighted by atomic mass is 15.0. The van der Waals surface area contributed by atoms with E-state index >= 15 is 0 Å². The quantitative estimate of drug-likeness (QED) is 0.272. The molecule has 158 valence electrons. The lowest BCUT2D eigenvalue weighted by Crippen LogP contribution is -1.99. The van der Waals surface area contributed by atoms with E-state index in [4.69, 9.17) is 0 Å². The number of hydrogen-bond acceptors (Lipinski definition) is 1. The lowest BCUT2D eigenvalue weighted by molar-refractivity contribution is 1.18. The SMILES string of the molecule is N#Cc1ccc2ccc(-c3ccc(-n4c5ccccc5c5ccccc54)cc3)c3c2c1C=CC3. The van der Waals surface area contributed by atoms with Crippen LogP contribution in [0, 0.1) is 11.3 Å². The average Bonchev–Trinajstić information content (AvgIpc) is 3.24. The fourth-order valence-electron chi connectivity index (χ4n) is 5.56. The summed E-state index contributed by atoms with van der Waals surface area (Å²) in [6.45, 7) is 0. The molecule has 34 heavy (non-hydrogen) atoms. The van der Waals surface area contributed by atoms with Crippen molar-refractivity contribution >= 4 is 38.7 Å². The molecule has 0 saturated heterocycles. The monoisotopic (exact) mass is 432 g/mol. The maximum absolute atomic E-state index is 9.60. The molecule has 0 fully saturated rings. The Morgan fingerprint density at radius 2 is 1.38 bits per heavy atom. The normalized spacial score (nSPS) is 12.4. The number of rotatable bonds is 2. The second-order valence-electron chi connectivity index (χ2n) is 8.85. The zero-order valence-corrected chi connectivity index (χ0v) is 18.5. The van der Waals surface area contributed by atoms with Crippen LogP contribution in [0.4, 0.5) is 0 Å². The number of hydrogen-bond donors (Lipinski definition) is 0. The summed E-state index contributed by atoms with van der Waals surface area (Å²) in [5.74, 6) is 0. The van der Waals surface area contributed by atoms with Crippen molar-refractivity contribution in [3.63, 3.8) is 0 Å². The fraction of sp³-hybridized carbons (Fsp3) is 0.0312. The van der Waals surface area contributed by atoms with Gasteiger partial charge >= 0.3 is 0 Å². The van der Waals surface area contributed by atoms with Crippen LogP contribution in [0.3, 0.4) is 0 Å². The van der Waals surface area contributed by atoms with Crippen LogP contribution in [0.5, 0.6) is 0 Å². The van der Waals surface area contributed by atoms with Gasteiger partial charge in [-0.2, -0.15) is 5.26 Å². The summed E-state index contributed by atoms with van der Waals surface area (Å²) in [7, 11) is 0. The second-order valence-corrected chi connectivity index (χ2v) is 8.85. The van der Waals surface area contributed by atoms with E-state index in [9.17, 15) is 5.26 Å². The Hall–Kier alpha value is -4.61. The smallest absolute Gasteiger partial charge is 0.0998 e. The molecular weight excluding hydrogens is 412 g/mol. The number of fused-ring (bicyclic) bond motifs is 3. The van der Waals surface area contributed by atoms with Crippen molar-refractivity contribution in [2.75, 3.05) is 0 Å². The van der Waals surface area contributed by atoms with Gasteiger partial charge in [0.1, 0.15) is 0 Å². The van der Waals surface area contributed by atoms with Crippen molar-refractivity contribution in [3.8, 4) is 22.9 Å². The third-order valence-electron chi connectivity index (χ3n) is 7.08.